The highest BCUT2D eigenvalue weighted by Gasteiger charge is 2.40. The van der Waals surface area contributed by atoms with Crippen LogP contribution in [0.2, 0.25) is 0 Å². The van der Waals surface area contributed by atoms with Gasteiger partial charge in [-0.15, -0.1) is 0 Å². The summed E-state index contributed by atoms with van der Waals surface area (Å²) >= 11 is 0. The number of rotatable bonds is 3. The summed E-state index contributed by atoms with van der Waals surface area (Å²) in [4.78, 5) is 30.4. The fourth-order valence-electron chi connectivity index (χ4n) is 5.37. The number of hydrogen-bond donors (Lipinski definition) is 0. The Labute approximate surface area is 189 Å². The minimum atomic E-state index is -0.326. The zero-order valence-electron chi connectivity index (χ0n) is 18.7. The van der Waals surface area contributed by atoms with Crippen molar-refractivity contribution in [2.75, 3.05) is 27.2 Å². The average Bonchev–Trinajstić information content (AvgIpc) is 2.83. The molecule has 168 valence electrons. The van der Waals surface area contributed by atoms with Crippen molar-refractivity contribution in [3.63, 3.8) is 0 Å². The van der Waals surface area contributed by atoms with Crippen LogP contribution in [0, 0.1) is 0 Å². The third-order valence-electron chi connectivity index (χ3n) is 7.18. The highest BCUT2D eigenvalue weighted by atomic mass is 16.5. The topological polar surface area (TPSA) is 59.1 Å². The van der Waals surface area contributed by atoms with Crippen molar-refractivity contribution in [1.82, 2.24) is 9.80 Å². The predicted octanol–water partition coefficient (Wildman–Crippen LogP) is 3.46. The third-order valence-corrected chi connectivity index (χ3v) is 7.18. The normalized spacial score (nSPS) is 27.5. The Kier molecular flexibility index (Phi) is 5.74. The standard InChI is InChI=1S/C26H30N2O4/c1-27(2)20-9-11-22-24(16-20)31-13-12-28(22)25(29)18-8-10-21-19(14-18)15-23(32-26(21)30)17-6-4-3-5-7-17/h3-8,10,14,20,22-24H,9,11-13,15-16H2,1-2H3. The molecule has 3 aliphatic rings. The highest BCUT2D eigenvalue weighted by molar-refractivity contribution is 5.98. The Morgan fingerprint density at radius 1 is 1.09 bits per heavy atom. The van der Waals surface area contributed by atoms with Gasteiger partial charge in [0.15, 0.2) is 0 Å². The molecule has 0 radical (unpaired) electrons. The predicted molar refractivity (Wildman–Crippen MR) is 121 cm³/mol. The number of benzene rings is 2. The van der Waals surface area contributed by atoms with Gasteiger partial charge in [0.25, 0.3) is 5.91 Å². The molecule has 1 aliphatic carbocycles. The summed E-state index contributed by atoms with van der Waals surface area (Å²) in [5.74, 6) is -0.294. The number of hydrogen-bond acceptors (Lipinski definition) is 5. The molecular formula is C26H30N2O4. The summed E-state index contributed by atoms with van der Waals surface area (Å²) in [6.07, 6.45) is 3.31. The first-order valence-electron chi connectivity index (χ1n) is 11.5. The maximum Gasteiger partial charge on any atom is 0.339 e. The van der Waals surface area contributed by atoms with E-state index < -0.39 is 0 Å². The molecule has 4 atom stereocenters. The lowest BCUT2D eigenvalue weighted by atomic mass is 9.85. The summed E-state index contributed by atoms with van der Waals surface area (Å²) < 4.78 is 11.7. The lowest BCUT2D eigenvalue weighted by Gasteiger charge is -2.47. The Morgan fingerprint density at radius 3 is 2.69 bits per heavy atom. The minimum Gasteiger partial charge on any atom is -0.454 e. The van der Waals surface area contributed by atoms with Crippen molar-refractivity contribution in [1.29, 1.82) is 0 Å². The highest BCUT2D eigenvalue weighted by Crippen LogP contribution is 2.34. The van der Waals surface area contributed by atoms with Gasteiger partial charge in [0.05, 0.1) is 24.3 Å². The molecule has 32 heavy (non-hydrogen) atoms. The van der Waals surface area contributed by atoms with Gasteiger partial charge in [0.1, 0.15) is 6.10 Å². The summed E-state index contributed by atoms with van der Waals surface area (Å²) in [7, 11) is 4.22. The van der Waals surface area contributed by atoms with E-state index in [2.05, 4.69) is 19.0 Å². The van der Waals surface area contributed by atoms with E-state index in [1.54, 1.807) is 12.1 Å². The van der Waals surface area contributed by atoms with Gasteiger partial charge in [-0.05, 0) is 62.7 Å². The first-order chi connectivity index (χ1) is 15.5. The molecule has 0 N–H and O–H groups in total. The van der Waals surface area contributed by atoms with E-state index in [-0.39, 0.29) is 30.1 Å². The Hall–Kier alpha value is -2.70. The molecule has 2 aliphatic heterocycles. The molecule has 5 rings (SSSR count). The van der Waals surface area contributed by atoms with E-state index >= 15 is 0 Å². The number of nitrogens with zero attached hydrogens (tertiary/aromatic N) is 2. The van der Waals surface area contributed by atoms with Crippen LogP contribution in [0.4, 0.5) is 0 Å². The average molecular weight is 435 g/mol. The fraction of sp³-hybridized carbons (Fsp3) is 0.462. The SMILES string of the molecule is CN(C)C1CCC2C(C1)OCCN2C(=O)c1ccc2c(c1)CC(c1ccccc1)OC2=O. The smallest absolute Gasteiger partial charge is 0.339 e. The van der Waals surface area contributed by atoms with Crippen LogP contribution in [-0.2, 0) is 15.9 Å². The largest absolute Gasteiger partial charge is 0.454 e. The van der Waals surface area contributed by atoms with Crippen LogP contribution >= 0.6 is 0 Å². The molecule has 1 saturated heterocycles. The molecule has 0 aromatic heterocycles. The maximum atomic E-state index is 13.5. The monoisotopic (exact) mass is 434 g/mol. The molecule has 2 fully saturated rings. The first kappa shape index (κ1) is 21.2. The van der Waals surface area contributed by atoms with E-state index in [0.29, 0.717) is 36.7 Å². The number of cyclic esters (lactones) is 1. The molecule has 2 aromatic rings. The van der Waals surface area contributed by atoms with Gasteiger partial charge >= 0.3 is 5.97 Å². The minimum absolute atomic E-state index is 0.0320. The van der Waals surface area contributed by atoms with E-state index in [0.717, 1.165) is 30.4 Å². The van der Waals surface area contributed by atoms with Crippen molar-refractivity contribution in [2.24, 2.45) is 0 Å². The van der Waals surface area contributed by atoms with Gasteiger partial charge in [0.2, 0.25) is 0 Å². The van der Waals surface area contributed by atoms with Crippen molar-refractivity contribution in [2.45, 2.75) is 50.0 Å². The number of esters is 1. The number of carbonyl (C=O) groups excluding carboxylic acids is 2. The zero-order chi connectivity index (χ0) is 22.2. The molecule has 2 aromatic carbocycles. The number of morpholine rings is 1. The molecule has 0 bridgehead atoms. The molecule has 1 amide bonds. The van der Waals surface area contributed by atoms with Gasteiger partial charge in [0, 0.05) is 24.6 Å². The van der Waals surface area contributed by atoms with Crippen molar-refractivity contribution in [3.05, 3.63) is 70.8 Å². The van der Waals surface area contributed by atoms with Crippen molar-refractivity contribution >= 4 is 11.9 Å². The quantitative estimate of drug-likeness (QED) is 0.693. The van der Waals surface area contributed by atoms with Gasteiger partial charge in [-0.25, -0.2) is 4.79 Å². The second-order valence-electron chi connectivity index (χ2n) is 9.29. The van der Waals surface area contributed by atoms with Gasteiger partial charge < -0.3 is 19.3 Å². The second-order valence-corrected chi connectivity index (χ2v) is 9.29. The number of amides is 1. The maximum absolute atomic E-state index is 13.5. The van der Waals surface area contributed by atoms with Gasteiger partial charge in [-0.3, -0.25) is 4.79 Å². The van der Waals surface area contributed by atoms with Crippen LogP contribution in [-0.4, -0.2) is 67.1 Å². The molecule has 6 heteroatoms. The summed E-state index contributed by atoms with van der Waals surface area (Å²) in [5.41, 5.74) is 3.04. The van der Waals surface area contributed by atoms with E-state index in [1.807, 2.05) is 41.3 Å². The van der Waals surface area contributed by atoms with E-state index in [9.17, 15) is 9.59 Å². The number of ether oxygens (including phenoxy) is 2. The van der Waals surface area contributed by atoms with E-state index in [1.165, 1.54) is 0 Å². The molecule has 6 nitrogen and oxygen atoms in total. The van der Waals surface area contributed by atoms with Crippen LogP contribution in [0.15, 0.2) is 48.5 Å². The molecular weight excluding hydrogens is 404 g/mol. The Balaban J connectivity index is 1.37. The molecule has 1 saturated carbocycles. The van der Waals surface area contributed by atoms with Crippen LogP contribution < -0.4 is 0 Å². The summed E-state index contributed by atoms with van der Waals surface area (Å²) in [5, 5.41) is 0. The van der Waals surface area contributed by atoms with Crippen LogP contribution in [0.25, 0.3) is 0 Å². The van der Waals surface area contributed by atoms with Gasteiger partial charge in [-0.2, -0.15) is 0 Å². The Morgan fingerprint density at radius 2 is 1.91 bits per heavy atom. The third kappa shape index (κ3) is 3.93. The molecule has 4 unspecified atom stereocenters. The fourth-order valence-corrected chi connectivity index (χ4v) is 5.37. The molecule has 2 heterocycles. The van der Waals surface area contributed by atoms with Gasteiger partial charge in [-0.1, -0.05) is 30.3 Å². The van der Waals surface area contributed by atoms with E-state index in [4.69, 9.17) is 9.47 Å². The number of fused-ring (bicyclic) bond motifs is 2. The summed E-state index contributed by atoms with van der Waals surface area (Å²) in [6, 6.07) is 15.8. The summed E-state index contributed by atoms with van der Waals surface area (Å²) in [6.45, 7) is 1.18. The Bertz CT molecular complexity index is 1010. The molecule has 0 spiro atoms. The first-order valence-corrected chi connectivity index (χ1v) is 11.5. The lowest BCUT2D eigenvalue weighted by molar-refractivity contribution is -0.0877. The van der Waals surface area contributed by atoms with Crippen LogP contribution in [0.5, 0.6) is 0 Å². The zero-order valence-corrected chi connectivity index (χ0v) is 18.7. The number of carbonyl (C=O) groups is 2. The van der Waals surface area contributed by atoms with Crippen LogP contribution in [0.3, 0.4) is 0 Å². The second kappa shape index (κ2) is 8.68. The van der Waals surface area contributed by atoms with Crippen molar-refractivity contribution < 1.29 is 19.1 Å². The lowest BCUT2D eigenvalue weighted by Crippen LogP contribution is -2.57. The van der Waals surface area contributed by atoms with Crippen molar-refractivity contribution in [3.8, 4) is 0 Å². The van der Waals surface area contributed by atoms with Crippen LogP contribution in [0.1, 0.15) is 57.2 Å².